The van der Waals surface area contributed by atoms with Gasteiger partial charge in [0.1, 0.15) is 17.4 Å². The fraction of sp³-hybridized carbons (Fsp3) is 0.333. The number of halogens is 3. The molecule has 0 aliphatic carbocycles. The summed E-state index contributed by atoms with van der Waals surface area (Å²) in [5.41, 5.74) is -1.85. The fourth-order valence-electron chi connectivity index (χ4n) is 1.75. The number of rotatable bonds is 3. The van der Waals surface area contributed by atoms with Crippen LogP contribution in [0.4, 0.5) is 8.78 Å². The van der Waals surface area contributed by atoms with Gasteiger partial charge in [-0.1, -0.05) is 15.9 Å². The first-order valence-electron chi connectivity index (χ1n) is 4.86. The molecule has 5 heteroatoms. The second kappa shape index (κ2) is 4.92. The van der Waals surface area contributed by atoms with Gasteiger partial charge in [-0.3, -0.25) is 4.79 Å². The molecule has 0 fully saturated rings. The van der Waals surface area contributed by atoms with Crippen molar-refractivity contribution in [1.29, 1.82) is 5.26 Å². The van der Waals surface area contributed by atoms with Crippen molar-refractivity contribution in [1.82, 2.24) is 0 Å². The van der Waals surface area contributed by atoms with Gasteiger partial charge >= 0.3 is 0 Å². The molecule has 0 N–H and O–H groups in total. The van der Waals surface area contributed by atoms with Gasteiger partial charge in [-0.05, 0) is 26.0 Å². The summed E-state index contributed by atoms with van der Waals surface area (Å²) in [7, 11) is 0. The summed E-state index contributed by atoms with van der Waals surface area (Å²) in [4.78, 5) is 11.1. The van der Waals surface area contributed by atoms with Crippen LogP contribution in [0.3, 0.4) is 0 Å². The second-order valence-electron chi connectivity index (χ2n) is 4.07. The summed E-state index contributed by atoms with van der Waals surface area (Å²) in [5.74, 6) is -1.96. The zero-order valence-corrected chi connectivity index (χ0v) is 10.9. The Hall–Kier alpha value is -1.28. The van der Waals surface area contributed by atoms with Crippen molar-refractivity contribution >= 4 is 21.7 Å². The van der Waals surface area contributed by atoms with E-state index in [-0.39, 0.29) is 22.2 Å². The summed E-state index contributed by atoms with van der Waals surface area (Å²) in [6, 6.07) is 3.97. The molecule has 90 valence electrons. The Labute approximate surface area is 106 Å². The van der Waals surface area contributed by atoms with E-state index in [0.717, 1.165) is 12.1 Å². The summed E-state index contributed by atoms with van der Waals surface area (Å²) in [5, 5.41) is 9.06. The van der Waals surface area contributed by atoms with Crippen LogP contribution in [0, 0.1) is 23.0 Å². The van der Waals surface area contributed by atoms with Crippen LogP contribution in [0.5, 0.6) is 0 Å². The number of benzene rings is 1. The van der Waals surface area contributed by atoms with Gasteiger partial charge in [0.25, 0.3) is 0 Å². The van der Waals surface area contributed by atoms with E-state index in [1.807, 2.05) is 6.07 Å². The van der Waals surface area contributed by atoms with Crippen molar-refractivity contribution in [2.45, 2.75) is 25.7 Å². The summed E-state index contributed by atoms with van der Waals surface area (Å²) >= 11 is 2.96. The molecular weight excluding hydrogens is 292 g/mol. The zero-order valence-electron chi connectivity index (χ0n) is 9.35. The molecular formula is C12H10BrF2NO. The Bertz CT molecular complexity index is 487. The first kappa shape index (κ1) is 13.8. The molecule has 1 atom stereocenters. The predicted octanol–water partition coefficient (Wildman–Crippen LogP) is 3.49. The highest BCUT2D eigenvalue weighted by Gasteiger charge is 2.34. The number of nitriles is 1. The van der Waals surface area contributed by atoms with Crippen LogP contribution >= 0.6 is 15.9 Å². The molecule has 0 saturated carbocycles. The van der Waals surface area contributed by atoms with E-state index < -0.39 is 17.0 Å². The highest BCUT2D eigenvalue weighted by Crippen LogP contribution is 2.33. The first-order chi connectivity index (χ1) is 7.80. The minimum absolute atomic E-state index is 0.223. The molecule has 0 radical (unpaired) electrons. The normalized spacial score (nSPS) is 13.9. The van der Waals surface area contributed by atoms with Crippen molar-refractivity contribution in [3.63, 3.8) is 0 Å². The number of nitrogens with zero attached hydrogens (tertiary/aromatic N) is 1. The number of ketones is 1. The van der Waals surface area contributed by atoms with Gasteiger partial charge in [0.15, 0.2) is 0 Å². The lowest BCUT2D eigenvalue weighted by Crippen LogP contribution is -2.26. The van der Waals surface area contributed by atoms with Gasteiger partial charge in [0, 0.05) is 16.5 Å². The number of hydrogen-bond donors (Lipinski definition) is 0. The lowest BCUT2D eigenvalue weighted by molar-refractivity contribution is -0.117. The van der Waals surface area contributed by atoms with E-state index in [1.54, 1.807) is 0 Å². The van der Waals surface area contributed by atoms with Crippen molar-refractivity contribution in [2.24, 2.45) is 0 Å². The van der Waals surface area contributed by atoms with Gasteiger partial charge in [0.2, 0.25) is 0 Å². The number of hydrogen-bond acceptors (Lipinski definition) is 2. The number of carbonyl (C=O) groups excluding carboxylic acids is 1. The van der Waals surface area contributed by atoms with Crippen LogP contribution in [0.2, 0.25) is 0 Å². The standard InChI is InChI=1S/C12H10BrF2NO/c1-7(17)5-12(2,6-16)11-9(14)3-8(13)4-10(11)15/h3-4H,5H2,1-2H3. The lowest BCUT2D eigenvalue weighted by atomic mass is 9.79. The van der Waals surface area contributed by atoms with Crippen LogP contribution in [0.15, 0.2) is 16.6 Å². The summed E-state index contributed by atoms with van der Waals surface area (Å²) in [6.07, 6.45) is -0.223. The molecule has 17 heavy (non-hydrogen) atoms. The maximum Gasteiger partial charge on any atom is 0.132 e. The molecule has 1 aromatic carbocycles. The molecule has 1 rings (SSSR count). The molecule has 1 unspecified atom stereocenters. The van der Waals surface area contributed by atoms with E-state index in [9.17, 15) is 13.6 Å². The Morgan fingerprint density at radius 2 is 1.94 bits per heavy atom. The fourth-order valence-corrected chi connectivity index (χ4v) is 2.15. The average molecular weight is 302 g/mol. The molecule has 0 amide bonds. The van der Waals surface area contributed by atoms with Gasteiger partial charge in [0.05, 0.1) is 11.5 Å². The van der Waals surface area contributed by atoms with Crippen molar-refractivity contribution < 1.29 is 13.6 Å². The smallest absolute Gasteiger partial charge is 0.132 e. The van der Waals surface area contributed by atoms with Gasteiger partial charge in [-0.2, -0.15) is 5.26 Å². The summed E-state index contributed by atoms with van der Waals surface area (Å²) < 4.78 is 27.7. The topological polar surface area (TPSA) is 40.9 Å². The molecule has 1 aromatic rings. The minimum Gasteiger partial charge on any atom is -0.300 e. The quantitative estimate of drug-likeness (QED) is 0.857. The van der Waals surface area contributed by atoms with E-state index >= 15 is 0 Å². The molecule has 2 nitrogen and oxygen atoms in total. The summed E-state index contributed by atoms with van der Waals surface area (Å²) in [6.45, 7) is 2.63. The molecule has 0 aliphatic heterocycles. The Morgan fingerprint density at radius 1 is 1.47 bits per heavy atom. The van der Waals surface area contributed by atoms with Gasteiger partial charge < -0.3 is 0 Å². The third kappa shape index (κ3) is 2.89. The average Bonchev–Trinajstić information content (AvgIpc) is 2.14. The van der Waals surface area contributed by atoms with Crippen molar-refractivity contribution in [3.05, 3.63) is 33.8 Å². The molecule has 0 heterocycles. The maximum atomic E-state index is 13.7. The van der Waals surface area contributed by atoms with E-state index in [0.29, 0.717) is 0 Å². The van der Waals surface area contributed by atoms with Gasteiger partial charge in [-0.25, -0.2) is 8.78 Å². The number of Topliss-reactive ketones (excluding diaryl/α,β-unsaturated/α-hetero) is 1. The Morgan fingerprint density at radius 3 is 2.29 bits per heavy atom. The van der Waals surface area contributed by atoms with Gasteiger partial charge in [-0.15, -0.1) is 0 Å². The third-order valence-corrected chi connectivity index (χ3v) is 2.87. The molecule has 0 aromatic heterocycles. The second-order valence-corrected chi connectivity index (χ2v) is 4.98. The first-order valence-corrected chi connectivity index (χ1v) is 5.65. The van der Waals surface area contributed by atoms with Crippen molar-refractivity contribution in [2.75, 3.05) is 0 Å². The van der Waals surface area contributed by atoms with E-state index in [1.165, 1.54) is 13.8 Å². The minimum atomic E-state index is -1.49. The van der Waals surface area contributed by atoms with Crippen LogP contribution < -0.4 is 0 Å². The molecule has 0 saturated heterocycles. The highest BCUT2D eigenvalue weighted by atomic mass is 79.9. The molecule has 0 bridgehead atoms. The third-order valence-electron chi connectivity index (χ3n) is 2.41. The van der Waals surface area contributed by atoms with Crippen LogP contribution in [-0.2, 0) is 10.2 Å². The van der Waals surface area contributed by atoms with Crippen LogP contribution in [-0.4, -0.2) is 5.78 Å². The van der Waals surface area contributed by atoms with Crippen LogP contribution in [0.25, 0.3) is 0 Å². The predicted molar refractivity (Wildman–Crippen MR) is 62.3 cm³/mol. The highest BCUT2D eigenvalue weighted by molar-refractivity contribution is 9.10. The lowest BCUT2D eigenvalue weighted by Gasteiger charge is -2.22. The zero-order chi connectivity index (χ0) is 13.2. The molecule has 0 spiro atoms. The maximum absolute atomic E-state index is 13.7. The van der Waals surface area contributed by atoms with Crippen LogP contribution in [0.1, 0.15) is 25.8 Å². The number of carbonyl (C=O) groups is 1. The van der Waals surface area contributed by atoms with Crippen molar-refractivity contribution in [3.8, 4) is 6.07 Å². The molecule has 0 aliphatic rings. The Balaban J connectivity index is 3.41. The SMILES string of the molecule is CC(=O)CC(C)(C#N)c1c(F)cc(Br)cc1F. The largest absolute Gasteiger partial charge is 0.300 e. The Kier molecular flexibility index (Phi) is 3.99. The van der Waals surface area contributed by atoms with E-state index in [4.69, 9.17) is 5.26 Å². The monoisotopic (exact) mass is 301 g/mol. The van der Waals surface area contributed by atoms with E-state index in [2.05, 4.69) is 15.9 Å².